The van der Waals surface area contributed by atoms with Crippen molar-refractivity contribution in [1.82, 2.24) is 10.0 Å². The van der Waals surface area contributed by atoms with Crippen LogP contribution in [0.15, 0.2) is 35.7 Å². The number of amides is 1. The quantitative estimate of drug-likeness (QED) is 0.721. The summed E-state index contributed by atoms with van der Waals surface area (Å²) in [4.78, 5) is 11.4. The van der Waals surface area contributed by atoms with Gasteiger partial charge in [0.25, 0.3) is 0 Å². The largest absolute Gasteiger partial charge is 0.496 e. The van der Waals surface area contributed by atoms with Crippen molar-refractivity contribution in [2.24, 2.45) is 0 Å². The number of benzene rings is 1. The predicted molar refractivity (Wildman–Crippen MR) is 76.1 cm³/mol. The first kappa shape index (κ1) is 16.2. The van der Waals surface area contributed by atoms with E-state index in [-0.39, 0.29) is 11.4 Å². The Hall–Kier alpha value is -1.86. The zero-order valence-corrected chi connectivity index (χ0v) is 12.3. The molecule has 1 amide bonds. The molecule has 2 N–H and O–H groups in total. The number of hydrogen-bond acceptors (Lipinski definition) is 4. The fourth-order valence-corrected chi connectivity index (χ4v) is 2.58. The van der Waals surface area contributed by atoms with Crippen LogP contribution in [0, 0.1) is 6.92 Å². The molecule has 0 bridgehead atoms. The summed E-state index contributed by atoms with van der Waals surface area (Å²) < 4.78 is 31.3. The lowest BCUT2D eigenvalue weighted by Gasteiger charge is -2.09. The molecule has 0 aliphatic rings. The van der Waals surface area contributed by atoms with Gasteiger partial charge in [0.1, 0.15) is 5.75 Å². The number of aryl methyl sites for hydroxylation is 1. The van der Waals surface area contributed by atoms with Crippen molar-refractivity contribution in [3.05, 3.63) is 36.4 Å². The third kappa shape index (κ3) is 4.36. The highest BCUT2D eigenvalue weighted by molar-refractivity contribution is 7.89. The first-order valence-corrected chi connectivity index (χ1v) is 7.41. The lowest BCUT2D eigenvalue weighted by Crippen LogP contribution is -2.36. The van der Waals surface area contributed by atoms with Gasteiger partial charge in [0.15, 0.2) is 0 Å². The average molecular weight is 298 g/mol. The topological polar surface area (TPSA) is 84.5 Å². The van der Waals surface area contributed by atoms with Crippen LogP contribution < -0.4 is 14.8 Å². The first-order chi connectivity index (χ1) is 9.40. The van der Waals surface area contributed by atoms with Gasteiger partial charge in [-0.05, 0) is 30.7 Å². The van der Waals surface area contributed by atoms with Gasteiger partial charge in [-0.25, -0.2) is 13.1 Å². The summed E-state index contributed by atoms with van der Waals surface area (Å²) >= 11 is 0. The highest BCUT2D eigenvalue weighted by Crippen LogP contribution is 2.20. The molecule has 0 aromatic heterocycles. The van der Waals surface area contributed by atoms with Crippen molar-refractivity contribution in [1.29, 1.82) is 0 Å². The van der Waals surface area contributed by atoms with Crippen LogP contribution in [0.2, 0.25) is 0 Å². The minimum Gasteiger partial charge on any atom is -0.496 e. The van der Waals surface area contributed by atoms with Gasteiger partial charge in [-0.15, -0.1) is 6.58 Å². The van der Waals surface area contributed by atoms with E-state index in [0.717, 1.165) is 0 Å². The third-order valence-corrected chi connectivity index (χ3v) is 3.94. The van der Waals surface area contributed by atoms with Crippen molar-refractivity contribution in [2.45, 2.75) is 11.8 Å². The van der Waals surface area contributed by atoms with Crippen LogP contribution in [-0.2, 0) is 14.8 Å². The molecular formula is C13H18N2O4S. The number of methoxy groups -OCH3 is 1. The first-order valence-electron chi connectivity index (χ1n) is 5.92. The smallest absolute Gasteiger partial charge is 0.241 e. The average Bonchev–Trinajstić information content (AvgIpc) is 2.42. The van der Waals surface area contributed by atoms with Crippen LogP contribution in [-0.4, -0.2) is 34.5 Å². The Balaban J connectivity index is 2.76. The second kappa shape index (κ2) is 7.06. The molecule has 1 aromatic carbocycles. The van der Waals surface area contributed by atoms with Gasteiger partial charge in [0.2, 0.25) is 15.9 Å². The van der Waals surface area contributed by atoms with Crippen molar-refractivity contribution in [3.63, 3.8) is 0 Å². The molecule has 0 aliphatic carbocycles. The lowest BCUT2D eigenvalue weighted by molar-refractivity contribution is -0.119. The van der Waals surface area contributed by atoms with E-state index in [1.807, 2.05) is 0 Å². The Morgan fingerprint density at radius 2 is 2.15 bits per heavy atom. The Kier molecular flexibility index (Phi) is 5.72. The zero-order chi connectivity index (χ0) is 15.2. The molecule has 0 saturated heterocycles. The molecule has 0 heterocycles. The highest BCUT2D eigenvalue weighted by Gasteiger charge is 2.16. The molecule has 0 fully saturated rings. The number of rotatable bonds is 7. The van der Waals surface area contributed by atoms with E-state index >= 15 is 0 Å². The maximum atomic E-state index is 12.0. The van der Waals surface area contributed by atoms with E-state index in [4.69, 9.17) is 4.74 Å². The molecule has 110 valence electrons. The van der Waals surface area contributed by atoms with Crippen LogP contribution in [0.4, 0.5) is 0 Å². The number of nitrogens with one attached hydrogen (secondary N) is 2. The number of hydrogen-bond donors (Lipinski definition) is 2. The van der Waals surface area contributed by atoms with E-state index in [0.29, 0.717) is 17.9 Å². The van der Waals surface area contributed by atoms with Gasteiger partial charge in [-0.3, -0.25) is 4.79 Å². The Morgan fingerprint density at radius 1 is 1.45 bits per heavy atom. The molecule has 0 aliphatic heterocycles. The fraction of sp³-hybridized carbons (Fsp3) is 0.308. The Morgan fingerprint density at radius 3 is 2.70 bits per heavy atom. The summed E-state index contributed by atoms with van der Waals surface area (Å²) in [5.74, 6) is 0.186. The van der Waals surface area contributed by atoms with E-state index in [1.54, 1.807) is 13.0 Å². The van der Waals surface area contributed by atoms with Crippen molar-refractivity contribution < 1.29 is 17.9 Å². The standard InChI is InChI=1S/C13H18N2O4S/c1-4-7-14-13(16)9-15-20(17,18)11-5-6-12(19-3)10(2)8-11/h4-6,8,15H,1,7,9H2,2-3H3,(H,14,16). The van der Waals surface area contributed by atoms with Crippen molar-refractivity contribution in [3.8, 4) is 5.75 Å². The van der Waals surface area contributed by atoms with Gasteiger partial charge >= 0.3 is 0 Å². The molecular weight excluding hydrogens is 280 g/mol. The minimum absolute atomic E-state index is 0.0901. The van der Waals surface area contributed by atoms with Crippen LogP contribution in [0.3, 0.4) is 0 Å². The summed E-state index contributed by atoms with van der Waals surface area (Å²) in [6, 6.07) is 4.49. The van der Waals surface area contributed by atoms with Gasteiger partial charge in [0, 0.05) is 6.54 Å². The molecule has 7 heteroatoms. The molecule has 6 nitrogen and oxygen atoms in total. The second-order valence-electron chi connectivity index (χ2n) is 4.05. The van der Waals surface area contributed by atoms with Crippen molar-refractivity contribution >= 4 is 15.9 Å². The monoisotopic (exact) mass is 298 g/mol. The van der Waals surface area contributed by atoms with Crippen molar-refractivity contribution in [2.75, 3.05) is 20.2 Å². The van der Waals surface area contributed by atoms with E-state index in [2.05, 4.69) is 16.6 Å². The number of carbonyl (C=O) groups excluding carboxylic acids is 1. The van der Waals surface area contributed by atoms with Crippen LogP contribution in [0.1, 0.15) is 5.56 Å². The summed E-state index contributed by atoms with van der Waals surface area (Å²) in [5, 5.41) is 2.48. The van der Waals surface area contributed by atoms with E-state index in [1.165, 1.54) is 25.3 Å². The SMILES string of the molecule is C=CCNC(=O)CNS(=O)(=O)c1ccc(OC)c(C)c1. The second-order valence-corrected chi connectivity index (χ2v) is 5.82. The normalized spacial score (nSPS) is 10.9. The molecule has 20 heavy (non-hydrogen) atoms. The number of carbonyl (C=O) groups is 1. The van der Waals surface area contributed by atoms with Gasteiger partial charge in [-0.2, -0.15) is 0 Å². The molecule has 0 radical (unpaired) electrons. The van der Waals surface area contributed by atoms with Crippen LogP contribution in [0.5, 0.6) is 5.75 Å². The summed E-state index contributed by atoms with van der Waals surface area (Å²) in [6.07, 6.45) is 1.51. The van der Waals surface area contributed by atoms with E-state index < -0.39 is 15.9 Å². The fourth-order valence-electron chi connectivity index (χ4n) is 1.51. The molecule has 0 spiro atoms. The summed E-state index contributed by atoms with van der Waals surface area (Å²) in [5.41, 5.74) is 0.700. The zero-order valence-electron chi connectivity index (χ0n) is 11.5. The molecule has 0 saturated carbocycles. The number of sulfonamides is 1. The maximum absolute atomic E-state index is 12.0. The van der Waals surface area contributed by atoms with Crippen LogP contribution in [0.25, 0.3) is 0 Å². The molecule has 0 unspecified atom stereocenters. The third-order valence-electron chi connectivity index (χ3n) is 2.54. The summed E-state index contributed by atoms with van der Waals surface area (Å²) in [7, 11) is -2.21. The van der Waals surface area contributed by atoms with Gasteiger partial charge in [0.05, 0.1) is 18.6 Å². The highest BCUT2D eigenvalue weighted by atomic mass is 32.2. The molecule has 0 atom stereocenters. The minimum atomic E-state index is -3.72. The molecule has 1 aromatic rings. The maximum Gasteiger partial charge on any atom is 0.241 e. The summed E-state index contributed by atoms with van der Waals surface area (Å²) in [6.45, 7) is 5.17. The molecule has 1 rings (SSSR count). The number of ether oxygens (including phenoxy) is 1. The van der Waals surface area contributed by atoms with Gasteiger partial charge < -0.3 is 10.1 Å². The lowest BCUT2D eigenvalue weighted by atomic mass is 10.2. The van der Waals surface area contributed by atoms with Gasteiger partial charge in [-0.1, -0.05) is 6.08 Å². The Labute approximate surface area is 118 Å². The Bertz CT molecular complexity index is 596. The predicted octanol–water partition coefficient (Wildman–Crippen LogP) is 0.584. The van der Waals surface area contributed by atoms with Crippen LogP contribution >= 0.6 is 0 Å². The van der Waals surface area contributed by atoms with E-state index in [9.17, 15) is 13.2 Å².